The van der Waals surface area contributed by atoms with E-state index < -0.39 is 15.3 Å². The van der Waals surface area contributed by atoms with Crippen molar-refractivity contribution in [2.75, 3.05) is 18.2 Å². The number of oxazole rings is 1. The number of nitriles is 1. The number of aromatic nitrogens is 1. The van der Waals surface area contributed by atoms with E-state index in [-0.39, 0.29) is 16.7 Å². The van der Waals surface area contributed by atoms with Crippen LogP contribution in [0.3, 0.4) is 0 Å². The Morgan fingerprint density at radius 1 is 1.24 bits per heavy atom. The minimum Gasteiger partial charge on any atom is -0.495 e. The molecule has 0 aliphatic heterocycles. The summed E-state index contributed by atoms with van der Waals surface area (Å²) in [7, 11) is -1.91. The van der Waals surface area contributed by atoms with Crippen molar-refractivity contribution in [2.45, 2.75) is 23.7 Å². The Bertz CT molecular complexity index is 1370. The quantitative estimate of drug-likeness (QED) is 0.526. The van der Waals surface area contributed by atoms with Gasteiger partial charge in [-0.05, 0) is 29.3 Å². The summed E-state index contributed by atoms with van der Waals surface area (Å²) in [4.78, 5) is 4.45. The summed E-state index contributed by atoms with van der Waals surface area (Å²) in [6, 6.07) is 16.9. The van der Waals surface area contributed by atoms with Crippen molar-refractivity contribution in [3.63, 3.8) is 0 Å². The van der Waals surface area contributed by atoms with Crippen molar-refractivity contribution in [3.8, 4) is 11.8 Å². The lowest BCUT2D eigenvalue weighted by atomic mass is 9.76. The molecule has 2 aromatic carbocycles. The maximum absolute atomic E-state index is 12.3. The van der Waals surface area contributed by atoms with Gasteiger partial charge in [-0.1, -0.05) is 55.5 Å². The van der Waals surface area contributed by atoms with E-state index in [1.54, 1.807) is 19.1 Å². The molecule has 1 aromatic heterocycles. The number of ether oxygens (including phenoxy) is 1. The average molecular weight is 462 g/mol. The lowest BCUT2D eigenvalue weighted by Crippen LogP contribution is -2.23. The first kappa shape index (κ1) is 22.4. The van der Waals surface area contributed by atoms with E-state index in [0.29, 0.717) is 23.6 Å². The first-order valence-corrected chi connectivity index (χ1v) is 12.1. The Morgan fingerprint density at radius 3 is 2.73 bits per heavy atom. The largest absolute Gasteiger partial charge is 0.495 e. The summed E-state index contributed by atoms with van der Waals surface area (Å²) in [5, 5.41) is 13.1. The minimum atomic E-state index is -3.40. The molecule has 1 atom stereocenters. The van der Waals surface area contributed by atoms with Crippen molar-refractivity contribution in [2.24, 2.45) is 0 Å². The Balaban J connectivity index is 1.63. The number of benzene rings is 2. The third-order valence-electron chi connectivity index (χ3n) is 5.59. The monoisotopic (exact) mass is 461 g/mol. The summed E-state index contributed by atoms with van der Waals surface area (Å²) < 4.78 is 35.9. The molecule has 1 unspecified atom stereocenters. The molecule has 0 amide bonds. The number of hydrogen-bond donors (Lipinski definition) is 1. The maximum Gasteiger partial charge on any atom is 0.299 e. The number of hydrogen-bond acceptors (Lipinski definition) is 7. The van der Waals surface area contributed by atoms with Gasteiger partial charge in [0.15, 0.2) is 15.6 Å². The van der Waals surface area contributed by atoms with E-state index in [9.17, 15) is 13.7 Å². The molecule has 1 aliphatic carbocycles. The third-order valence-corrected chi connectivity index (χ3v) is 7.32. The molecular weight excluding hydrogens is 438 g/mol. The molecule has 0 bridgehead atoms. The van der Waals surface area contributed by atoms with Crippen LogP contribution in [0.25, 0.3) is 5.57 Å². The van der Waals surface area contributed by atoms with E-state index >= 15 is 0 Å². The molecule has 0 spiro atoms. The summed E-state index contributed by atoms with van der Waals surface area (Å²) >= 11 is 0. The van der Waals surface area contributed by atoms with Crippen LogP contribution in [0.2, 0.25) is 0 Å². The number of methoxy groups -OCH3 is 1. The Morgan fingerprint density at radius 2 is 2.03 bits per heavy atom. The molecular formula is C25H23N3O4S. The van der Waals surface area contributed by atoms with Crippen LogP contribution in [0.5, 0.6) is 5.75 Å². The van der Waals surface area contributed by atoms with Gasteiger partial charge in [0.05, 0.1) is 35.7 Å². The van der Waals surface area contributed by atoms with Crippen LogP contribution in [0.1, 0.15) is 24.7 Å². The van der Waals surface area contributed by atoms with Crippen molar-refractivity contribution in [1.29, 1.82) is 5.26 Å². The molecule has 0 saturated carbocycles. The zero-order valence-corrected chi connectivity index (χ0v) is 19.1. The lowest BCUT2D eigenvalue weighted by molar-refractivity contribution is 0.415. The Labute approximate surface area is 193 Å². The number of rotatable bonds is 7. The second-order valence-corrected chi connectivity index (χ2v) is 9.88. The van der Waals surface area contributed by atoms with Crippen molar-refractivity contribution >= 4 is 27.1 Å². The van der Waals surface area contributed by atoms with Gasteiger partial charge < -0.3 is 14.5 Å². The molecule has 1 N–H and O–H groups in total. The highest BCUT2D eigenvalue weighted by Crippen LogP contribution is 2.40. The SMILES string of the molecule is CCS(=O)(=O)c1ccc(OC)c(Nc2ncc(C3(C#N)C=CC=C(c4ccccc4)C3)o2)c1. The van der Waals surface area contributed by atoms with Gasteiger partial charge in [0.1, 0.15) is 11.2 Å². The van der Waals surface area contributed by atoms with E-state index in [1.807, 2.05) is 42.5 Å². The molecule has 4 rings (SSSR count). The van der Waals surface area contributed by atoms with Crippen LogP contribution < -0.4 is 10.1 Å². The third kappa shape index (κ3) is 4.41. The van der Waals surface area contributed by atoms with Crippen molar-refractivity contribution < 1.29 is 17.6 Å². The highest BCUT2D eigenvalue weighted by Gasteiger charge is 2.36. The average Bonchev–Trinajstić information content (AvgIpc) is 3.33. The fraction of sp³-hybridized carbons (Fsp3) is 0.200. The van der Waals surface area contributed by atoms with Gasteiger partial charge in [0.25, 0.3) is 6.01 Å². The highest BCUT2D eigenvalue weighted by atomic mass is 32.2. The summed E-state index contributed by atoms with van der Waals surface area (Å²) in [5.41, 5.74) is 1.45. The smallest absolute Gasteiger partial charge is 0.299 e. The molecule has 1 heterocycles. The maximum atomic E-state index is 12.3. The first-order valence-electron chi connectivity index (χ1n) is 10.4. The number of nitrogens with zero attached hydrogens (tertiary/aromatic N) is 2. The molecule has 0 saturated heterocycles. The predicted molar refractivity (Wildman–Crippen MR) is 126 cm³/mol. The summed E-state index contributed by atoms with van der Waals surface area (Å²) in [6.45, 7) is 1.59. The van der Waals surface area contributed by atoms with Gasteiger partial charge in [-0.15, -0.1) is 0 Å². The predicted octanol–water partition coefficient (Wildman–Crippen LogP) is 5.03. The number of nitrogens with one attached hydrogen (secondary N) is 1. The number of sulfone groups is 1. The highest BCUT2D eigenvalue weighted by molar-refractivity contribution is 7.91. The molecule has 33 heavy (non-hydrogen) atoms. The normalized spacial score (nSPS) is 17.8. The van der Waals surface area contributed by atoms with Gasteiger partial charge in [0.2, 0.25) is 0 Å². The minimum absolute atomic E-state index is 0.0177. The Kier molecular flexibility index (Phi) is 6.07. The van der Waals surface area contributed by atoms with Crippen LogP contribution in [-0.4, -0.2) is 26.3 Å². The van der Waals surface area contributed by atoms with Crippen LogP contribution in [0.15, 0.2) is 82.3 Å². The topological polar surface area (TPSA) is 105 Å². The van der Waals surface area contributed by atoms with Crippen molar-refractivity contribution in [3.05, 3.63) is 84.3 Å². The second-order valence-electron chi connectivity index (χ2n) is 7.60. The Hall–Kier alpha value is -3.83. The first-order chi connectivity index (χ1) is 15.9. The molecule has 0 radical (unpaired) electrons. The van der Waals surface area contributed by atoms with E-state index in [0.717, 1.165) is 11.1 Å². The zero-order valence-electron chi connectivity index (χ0n) is 18.3. The fourth-order valence-electron chi connectivity index (χ4n) is 3.70. The van der Waals surface area contributed by atoms with Crippen LogP contribution in [0, 0.1) is 11.3 Å². The summed E-state index contributed by atoms with van der Waals surface area (Å²) in [5.74, 6) is 0.809. The molecule has 168 valence electrons. The standard InChI is InChI=1S/C25H23N3O4S/c1-3-33(29,30)20-11-12-22(31-2)21(14-20)28-24-27-16-23(32-24)25(17-26)13-7-10-19(15-25)18-8-5-4-6-9-18/h4-14,16H,3,15H2,1-2H3,(H,27,28). The van der Waals surface area contributed by atoms with Gasteiger partial charge in [-0.25, -0.2) is 13.4 Å². The molecule has 3 aromatic rings. The summed E-state index contributed by atoms with van der Waals surface area (Å²) in [6.07, 6.45) is 7.60. The van der Waals surface area contributed by atoms with Gasteiger partial charge in [-0.3, -0.25) is 0 Å². The molecule has 7 nitrogen and oxygen atoms in total. The van der Waals surface area contributed by atoms with Crippen LogP contribution in [-0.2, 0) is 15.3 Å². The zero-order chi connectivity index (χ0) is 23.5. The lowest BCUT2D eigenvalue weighted by Gasteiger charge is -2.24. The van der Waals surface area contributed by atoms with Gasteiger partial charge >= 0.3 is 0 Å². The number of anilines is 2. The molecule has 1 aliphatic rings. The van der Waals surface area contributed by atoms with E-state index in [1.165, 1.54) is 25.4 Å². The second kappa shape index (κ2) is 8.96. The fourth-order valence-corrected chi connectivity index (χ4v) is 4.60. The van der Waals surface area contributed by atoms with Gasteiger partial charge in [0, 0.05) is 6.42 Å². The van der Waals surface area contributed by atoms with Crippen LogP contribution >= 0.6 is 0 Å². The molecule has 8 heteroatoms. The van der Waals surface area contributed by atoms with Crippen molar-refractivity contribution in [1.82, 2.24) is 4.98 Å². The van der Waals surface area contributed by atoms with E-state index in [2.05, 4.69) is 16.4 Å². The van der Waals surface area contributed by atoms with Gasteiger partial charge in [-0.2, -0.15) is 5.26 Å². The van der Waals surface area contributed by atoms with E-state index in [4.69, 9.17) is 9.15 Å². The van der Waals surface area contributed by atoms with Crippen LogP contribution in [0.4, 0.5) is 11.7 Å². The number of allylic oxidation sites excluding steroid dienone is 4. The molecule has 0 fully saturated rings.